The highest BCUT2D eigenvalue weighted by Crippen LogP contribution is 2.32. The lowest BCUT2D eigenvalue weighted by molar-refractivity contribution is 0.629. The summed E-state index contributed by atoms with van der Waals surface area (Å²) in [6.45, 7) is 5.32. The summed E-state index contributed by atoms with van der Waals surface area (Å²) in [7, 11) is 0. The van der Waals surface area contributed by atoms with Gasteiger partial charge in [0.15, 0.2) is 0 Å². The summed E-state index contributed by atoms with van der Waals surface area (Å²) in [6, 6.07) is 0. The van der Waals surface area contributed by atoms with Crippen LogP contribution in [-0.4, -0.2) is 14.8 Å². The first-order valence-electron chi connectivity index (χ1n) is 6.15. The zero-order chi connectivity index (χ0) is 11.1. The smallest absolute Gasteiger partial charge is 0.0842 e. The van der Waals surface area contributed by atoms with E-state index in [1.807, 2.05) is 6.20 Å². The second kappa shape index (κ2) is 3.58. The minimum Gasteiger partial charge on any atom is -0.343 e. The number of rotatable bonds is 1. The van der Waals surface area contributed by atoms with Crippen LogP contribution in [0, 0.1) is 6.92 Å². The van der Waals surface area contributed by atoms with E-state index < -0.39 is 0 Å². The summed E-state index contributed by atoms with van der Waals surface area (Å²) in [5.74, 6) is 0. The van der Waals surface area contributed by atoms with E-state index in [0.29, 0.717) is 0 Å². The molecular weight excluding hydrogens is 198 g/mol. The zero-order valence-corrected chi connectivity index (χ0v) is 9.95. The molecule has 3 nitrogen and oxygen atoms in total. The highest BCUT2D eigenvalue weighted by molar-refractivity contribution is 5.86. The maximum atomic E-state index is 4.19. The van der Waals surface area contributed by atoms with E-state index in [1.54, 1.807) is 0 Å². The summed E-state index contributed by atoms with van der Waals surface area (Å²) in [5.41, 5.74) is 5.43. The Morgan fingerprint density at radius 2 is 2.12 bits per heavy atom. The lowest BCUT2D eigenvalue weighted by Gasteiger charge is -2.14. The van der Waals surface area contributed by atoms with Crippen LogP contribution in [0.15, 0.2) is 6.20 Å². The molecule has 0 saturated carbocycles. The van der Waals surface area contributed by atoms with Crippen molar-refractivity contribution in [2.24, 2.45) is 0 Å². The van der Waals surface area contributed by atoms with Crippen molar-refractivity contribution >= 4 is 10.9 Å². The van der Waals surface area contributed by atoms with Crippen molar-refractivity contribution in [1.82, 2.24) is 14.8 Å². The SMILES string of the molecule is CCn1c2c(c3cnnc(C)c31)CCCC2. The van der Waals surface area contributed by atoms with Crippen LogP contribution in [0.25, 0.3) is 10.9 Å². The Balaban J connectivity index is 2.42. The second-order valence-corrected chi connectivity index (χ2v) is 4.57. The summed E-state index contributed by atoms with van der Waals surface area (Å²) in [4.78, 5) is 0. The molecule has 1 aliphatic carbocycles. The summed E-state index contributed by atoms with van der Waals surface area (Å²) in [6.07, 6.45) is 7.01. The standard InChI is InChI=1S/C13H17N3/c1-3-16-12-7-5-4-6-10(12)11-8-14-15-9(2)13(11)16/h8H,3-7H2,1-2H3. The third-order valence-electron chi connectivity index (χ3n) is 3.67. The first kappa shape index (κ1) is 9.82. The van der Waals surface area contributed by atoms with E-state index in [1.165, 1.54) is 47.8 Å². The molecule has 0 spiro atoms. The van der Waals surface area contributed by atoms with Gasteiger partial charge in [-0.3, -0.25) is 0 Å². The van der Waals surface area contributed by atoms with Crippen LogP contribution in [0.2, 0.25) is 0 Å². The van der Waals surface area contributed by atoms with Gasteiger partial charge >= 0.3 is 0 Å². The molecule has 0 unspecified atom stereocenters. The molecule has 2 heterocycles. The molecule has 0 aliphatic heterocycles. The molecule has 0 saturated heterocycles. The van der Waals surface area contributed by atoms with E-state index in [0.717, 1.165) is 12.2 Å². The molecule has 0 N–H and O–H groups in total. The molecule has 16 heavy (non-hydrogen) atoms. The van der Waals surface area contributed by atoms with Crippen LogP contribution in [0.3, 0.4) is 0 Å². The molecule has 3 heteroatoms. The Morgan fingerprint density at radius 3 is 2.94 bits per heavy atom. The molecular formula is C13H17N3. The van der Waals surface area contributed by atoms with Crippen LogP contribution >= 0.6 is 0 Å². The molecule has 3 rings (SSSR count). The first-order valence-corrected chi connectivity index (χ1v) is 6.15. The Bertz CT molecular complexity index is 540. The number of aryl methyl sites for hydroxylation is 3. The van der Waals surface area contributed by atoms with Gasteiger partial charge in [-0.25, -0.2) is 0 Å². The van der Waals surface area contributed by atoms with Crippen molar-refractivity contribution in [1.29, 1.82) is 0 Å². The number of aromatic nitrogens is 3. The van der Waals surface area contributed by atoms with E-state index in [9.17, 15) is 0 Å². The predicted molar refractivity (Wildman–Crippen MR) is 64.6 cm³/mol. The lowest BCUT2D eigenvalue weighted by atomic mass is 9.96. The topological polar surface area (TPSA) is 30.7 Å². The van der Waals surface area contributed by atoms with Gasteiger partial charge in [-0.1, -0.05) is 0 Å². The predicted octanol–water partition coefficient (Wildman–Crippen LogP) is 2.64. The van der Waals surface area contributed by atoms with Crippen LogP contribution in [0.1, 0.15) is 36.7 Å². The van der Waals surface area contributed by atoms with Crippen LogP contribution < -0.4 is 0 Å². The van der Waals surface area contributed by atoms with Crippen LogP contribution in [0.4, 0.5) is 0 Å². The average molecular weight is 215 g/mol. The monoisotopic (exact) mass is 215 g/mol. The highest BCUT2D eigenvalue weighted by Gasteiger charge is 2.20. The normalized spacial score (nSPS) is 15.4. The van der Waals surface area contributed by atoms with Crippen molar-refractivity contribution < 1.29 is 0 Å². The summed E-state index contributed by atoms with van der Waals surface area (Å²) >= 11 is 0. The van der Waals surface area contributed by atoms with Gasteiger partial charge in [0.2, 0.25) is 0 Å². The molecule has 0 radical (unpaired) electrons. The fourth-order valence-electron chi connectivity index (χ4n) is 3.00. The lowest BCUT2D eigenvalue weighted by Crippen LogP contribution is -2.07. The van der Waals surface area contributed by atoms with E-state index >= 15 is 0 Å². The fourth-order valence-corrected chi connectivity index (χ4v) is 3.00. The van der Waals surface area contributed by atoms with Gasteiger partial charge in [-0.05, 0) is 45.1 Å². The summed E-state index contributed by atoms with van der Waals surface area (Å²) < 4.78 is 2.44. The summed E-state index contributed by atoms with van der Waals surface area (Å²) in [5, 5.41) is 9.63. The molecule has 1 aliphatic rings. The van der Waals surface area contributed by atoms with Gasteiger partial charge in [-0.15, -0.1) is 0 Å². The van der Waals surface area contributed by atoms with Gasteiger partial charge in [-0.2, -0.15) is 10.2 Å². The second-order valence-electron chi connectivity index (χ2n) is 4.57. The van der Waals surface area contributed by atoms with Crippen molar-refractivity contribution in [3.05, 3.63) is 23.1 Å². The van der Waals surface area contributed by atoms with Gasteiger partial charge in [0, 0.05) is 17.6 Å². The van der Waals surface area contributed by atoms with E-state index in [-0.39, 0.29) is 0 Å². The molecule has 0 bridgehead atoms. The van der Waals surface area contributed by atoms with Gasteiger partial charge in [0.25, 0.3) is 0 Å². The maximum absolute atomic E-state index is 4.19. The molecule has 0 amide bonds. The molecule has 0 atom stereocenters. The highest BCUT2D eigenvalue weighted by atomic mass is 15.1. The molecule has 0 fully saturated rings. The minimum atomic E-state index is 1.04. The maximum Gasteiger partial charge on any atom is 0.0842 e. The van der Waals surface area contributed by atoms with Crippen molar-refractivity contribution in [3.63, 3.8) is 0 Å². The average Bonchev–Trinajstić information content (AvgIpc) is 2.65. The van der Waals surface area contributed by atoms with Crippen molar-refractivity contribution in [3.8, 4) is 0 Å². The Morgan fingerprint density at radius 1 is 1.31 bits per heavy atom. The number of hydrogen-bond donors (Lipinski definition) is 0. The van der Waals surface area contributed by atoms with E-state index in [4.69, 9.17) is 0 Å². The number of nitrogens with zero attached hydrogens (tertiary/aromatic N) is 3. The minimum absolute atomic E-state index is 1.04. The third kappa shape index (κ3) is 1.20. The van der Waals surface area contributed by atoms with Crippen molar-refractivity contribution in [2.45, 2.75) is 46.1 Å². The quantitative estimate of drug-likeness (QED) is 0.732. The molecule has 0 aromatic carbocycles. The van der Waals surface area contributed by atoms with Gasteiger partial charge in [0.05, 0.1) is 17.4 Å². The number of hydrogen-bond acceptors (Lipinski definition) is 2. The zero-order valence-electron chi connectivity index (χ0n) is 9.95. The van der Waals surface area contributed by atoms with Crippen LogP contribution in [0.5, 0.6) is 0 Å². The van der Waals surface area contributed by atoms with Gasteiger partial charge < -0.3 is 4.57 Å². The molecule has 2 aromatic rings. The fraction of sp³-hybridized carbons (Fsp3) is 0.538. The first-order chi connectivity index (χ1) is 7.83. The number of fused-ring (bicyclic) bond motifs is 3. The Kier molecular flexibility index (Phi) is 2.20. The molecule has 84 valence electrons. The Labute approximate surface area is 95.5 Å². The Hall–Kier alpha value is -1.38. The van der Waals surface area contributed by atoms with Crippen LogP contribution in [-0.2, 0) is 19.4 Å². The molecule has 2 aromatic heterocycles. The van der Waals surface area contributed by atoms with Gasteiger partial charge in [0.1, 0.15) is 0 Å². The van der Waals surface area contributed by atoms with E-state index in [2.05, 4.69) is 28.6 Å². The van der Waals surface area contributed by atoms with Crippen molar-refractivity contribution in [2.75, 3.05) is 0 Å². The third-order valence-corrected chi connectivity index (χ3v) is 3.67. The largest absolute Gasteiger partial charge is 0.343 e.